The largest absolute Gasteiger partial charge is 0.434 e. The van der Waals surface area contributed by atoms with E-state index in [0.29, 0.717) is 24.2 Å². The SMILES string of the molecule is CN=C(NCCCOC1CCCC1)NCc1ccccc1OC(F)F. The number of rotatable bonds is 9. The van der Waals surface area contributed by atoms with E-state index in [2.05, 4.69) is 20.4 Å². The number of hydrogen-bond acceptors (Lipinski definition) is 3. The maximum absolute atomic E-state index is 12.4. The van der Waals surface area contributed by atoms with Gasteiger partial charge in [0.1, 0.15) is 5.75 Å². The van der Waals surface area contributed by atoms with Crippen LogP contribution in [-0.4, -0.2) is 38.9 Å². The van der Waals surface area contributed by atoms with E-state index in [1.807, 2.05) is 0 Å². The first-order valence-electron chi connectivity index (χ1n) is 8.78. The van der Waals surface area contributed by atoms with Gasteiger partial charge in [-0.3, -0.25) is 4.99 Å². The van der Waals surface area contributed by atoms with Gasteiger partial charge in [0.15, 0.2) is 5.96 Å². The van der Waals surface area contributed by atoms with E-state index >= 15 is 0 Å². The fourth-order valence-corrected chi connectivity index (χ4v) is 2.84. The first-order valence-corrected chi connectivity index (χ1v) is 8.78. The Morgan fingerprint density at radius 3 is 2.72 bits per heavy atom. The third kappa shape index (κ3) is 7.25. The number of ether oxygens (including phenoxy) is 2. The molecule has 0 radical (unpaired) electrons. The molecular formula is C18H27F2N3O2. The van der Waals surface area contributed by atoms with Crippen molar-refractivity contribution in [1.82, 2.24) is 10.6 Å². The Morgan fingerprint density at radius 1 is 1.24 bits per heavy atom. The van der Waals surface area contributed by atoms with Crippen LogP contribution < -0.4 is 15.4 Å². The molecule has 1 aromatic carbocycles. The number of alkyl halides is 2. The van der Waals surface area contributed by atoms with E-state index in [-0.39, 0.29) is 5.75 Å². The zero-order valence-electron chi connectivity index (χ0n) is 14.6. The number of hydrogen-bond donors (Lipinski definition) is 2. The molecule has 0 aromatic heterocycles. The Kier molecular flexibility index (Phi) is 8.45. The van der Waals surface area contributed by atoms with Crippen molar-refractivity contribution < 1.29 is 18.3 Å². The molecular weight excluding hydrogens is 328 g/mol. The molecule has 0 aliphatic heterocycles. The Labute approximate surface area is 147 Å². The topological polar surface area (TPSA) is 54.9 Å². The monoisotopic (exact) mass is 355 g/mol. The summed E-state index contributed by atoms with van der Waals surface area (Å²) in [6.45, 7) is -1.01. The lowest BCUT2D eigenvalue weighted by atomic mass is 10.2. The Hall–Kier alpha value is -1.89. The third-order valence-corrected chi connectivity index (χ3v) is 4.13. The molecule has 1 aromatic rings. The summed E-state index contributed by atoms with van der Waals surface area (Å²) < 4.78 is 35.2. The fourth-order valence-electron chi connectivity index (χ4n) is 2.84. The summed E-state index contributed by atoms with van der Waals surface area (Å²) in [6, 6.07) is 6.72. The normalized spacial score (nSPS) is 15.6. The van der Waals surface area contributed by atoms with Crippen LogP contribution in [0.4, 0.5) is 8.78 Å². The van der Waals surface area contributed by atoms with Gasteiger partial charge in [0.05, 0.1) is 6.10 Å². The number of para-hydroxylation sites is 1. The van der Waals surface area contributed by atoms with Gasteiger partial charge in [-0.2, -0.15) is 8.78 Å². The number of nitrogens with one attached hydrogen (secondary N) is 2. The smallest absolute Gasteiger partial charge is 0.387 e. The summed E-state index contributed by atoms with van der Waals surface area (Å²) in [5, 5.41) is 6.30. The number of benzene rings is 1. The molecule has 25 heavy (non-hydrogen) atoms. The predicted molar refractivity (Wildman–Crippen MR) is 94.1 cm³/mol. The molecule has 7 heteroatoms. The molecule has 2 N–H and O–H groups in total. The van der Waals surface area contributed by atoms with Crippen molar-refractivity contribution in [2.75, 3.05) is 20.2 Å². The molecule has 1 aliphatic carbocycles. The van der Waals surface area contributed by atoms with Crippen LogP contribution in [0.1, 0.15) is 37.7 Å². The van der Waals surface area contributed by atoms with Crippen molar-refractivity contribution in [1.29, 1.82) is 0 Å². The number of aliphatic imine (C=N–C) groups is 1. The highest BCUT2D eigenvalue weighted by molar-refractivity contribution is 5.79. The summed E-state index contributed by atoms with van der Waals surface area (Å²) in [4.78, 5) is 4.13. The maximum atomic E-state index is 12.4. The van der Waals surface area contributed by atoms with Crippen molar-refractivity contribution in [3.63, 3.8) is 0 Å². The summed E-state index contributed by atoms with van der Waals surface area (Å²) >= 11 is 0. The molecule has 2 rings (SSSR count). The summed E-state index contributed by atoms with van der Waals surface area (Å²) in [6.07, 6.45) is 6.23. The molecule has 0 unspecified atom stereocenters. The van der Waals surface area contributed by atoms with Crippen LogP contribution >= 0.6 is 0 Å². The second kappa shape index (κ2) is 10.9. The predicted octanol–water partition coefficient (Wildman–Crippen LogP) is 3.30. The quantitative estimate of drug-likeness (QED) is 0.405. The van der Waals surface area contributed by atoms with Gasteiger partial charge in [0.2, 0.25) is 0 Å². The zero-order chi connectivity index (χ0) is 17.9. The van der Waals surface area contributed by atoms with Crippen molar-refractivity contribution in [2.24, 2.45) is 4.99 Å². The summed E-state index contributed by atoms with van der Waals surface area (Å²) in [5.41, 5.74) is 0.648. The van der Waals surface area contributed by atoms with Gasteiger partial charge >= 0.3 is 6.61 Å². The zero-order valence-corrected chi connectivity index (χ0v) is 14.6. The van der Waals surface area contributed by atoms with E-state index in [0.717, 1.165) is 19.6 Å². The minimum Gasteiger partial charge on any atom is -0.434 e. The lowest BCUT2D eigenvalue weighted by Crippen LogP contribution is -2.37. The summed E-state index contributed by atoms with van der Waals surface area (Å²) in [7, 11) is 1.67. The Balaban J connectivity index is 1.68. The van der Waals surface area contributed by atoms with E-state index < -0.39 is 6.61 Å². The van der Waals surface area contributed by atoms with Crippen molar-refractivity contribution >= 4 is 5.96 Å². The maximum Gasteiger partial charge on any atom is 0.387 e. The van der Waals surface area contributed by atoms with E-state index in [1.54, 1.807) is 25.2 Å². The van der Waals surface area contributed by atoms with Crippen LogP contribution in [-0.2, 0) is 11.3 Å². The second-order valence-corrected chi connectivity index (χ2v) is 5.97. The van der Waals surface area contributed by atoms with Crippen molar-refractivity contribution in [2.45, 2.75) is 51.4 Å². The lowest BCUT2D eigenvalue weighted by molar-refractivity contribution is -0.0504. The standard InChI is InChI=1S/C18H27F2N3O2/c1-21-18(22-11-6-12-24-15-8-3-4-9-15)23-13-14-7-2-5-10-16(14)25-17(19)20/h2,5,7,10,15,17H,3-4,6,8-9,11-13H2,1H3,(H2,21,22,23). The Morgan fingerprint density at radius 2 is 2.00 bits per heavy atom. The van der Waals surface area contributed by atoms with Crippen LogP contribution in [0.5, 0.6) is 5.75 Å². The van der Waals surface area contributed by atoms with Crippen molar-refractivity contribution in [3.8, 4) is 5.75 Å². The highest BCUT2D eigenvalue weighted by Crippen LogP contribution is 2.21. The van der Waals surface area contributed by atoms with Gasteiger partial charge < -0.3 is 20.1 Å². The summed E-state index contributed by atoms with van der Waals surface area (Å²) in [5.74, 6) is 0.790. The van der Waals surface area contributed by atoms with Crippen molar-refractivity contribution in [3.05, 3.63) is 29.8 Å². The minimum absolute atomic E-state index is 0.172. The molecule has 0 amide bonds. The molecule has 0 saturated heterocycles. The molecule has 0 bridgehead atoms. The molecule has 1 aliphatic rings. The molecule has 0 heterocycles. The van der Waals surface area contributed by atoms with Crippen LogP contribution in [0, 0.1) is 0 Å². The van der Waals surface area contributed by atoms with Gasteiger partial charge in [0.25, 0.3) is 0 Å². The lowest BCUT2D eigenvalue weighted by Gasteiger charge is -2.15. The molecule has 0 spiro atoms. The van der Waals surface area contributed by atoms with E-state index in [9.17, 15) is 8.78 Å². The van der Waals surface area contributed by atoms with Crippen LogP contribution in [0.25, 0.3) is 0 Å². The highest BCUT2D eigenvalue weighted by Gasteiger charge is 2.14. The first-order chi connectivity index (χ1) is 12.2. The average molecular weight is 355 g/mol. The van der Waals surface area contributed by atoms with Gasteiger partial charge in [-0.15, -0.1) is 0 Å². The number of nitrogens with zero attached hydrogens (tertiary/aromatic N) is 1. The average Bonchev–Trinajstić information content (AvgIpc) is 3.11. The molecule has 140 valence electrons. The molecule has 1 saturated carbocycles. The van der Waals surface area contributed by atoms with Gasteiger partial charge in [-0.25, -0.2) is 0 Å². The van der Waals surface area contributed by atoms with Gasteiger partial charge in [0, 0.05) is 32.3 Å². The van der Waals surface area contributed by atoms with Crippen LogP contribution in [0.15, 0.2) is 29.3 Å². The third-order valence-electron chi connectivity index (χ3n) is 4.13. The molecule has 0 atom stereocenters. The highest BCUT2D eigenvalue weighted by atomic mass is 19.3. The first kappa shape index (κ1) is 19.4. The Bertz CT molecular complexity index is 535. The van der Waals surface area contributed by atoms with Crippen LogP contribution in [0.2, 0.25) is 0 Å². The van der Waals surface area contributed by atoms with E-state index in [1.165, 1.54) is 31.7 Å². The molecule has 5 nitrogen and oxygen atoms in total. The van der Waals surface area contributed by atoms with Gasteiger partial charge in [-0.05, 0) is 25.3 Å². The fraction of sp³-hybridized carbons (Fsp3) is 0.611. The molecule has 1 fully saturated rings. The van der Waals surface area contributed by atoms with Crippen LogP contribution in [0.3, 0.4) is 0 Å². The second-order valence-electron chi connectivity index (χ2n) is 5.97. The number of halogens is 2. The van der Waals surface area contributed by atoms with Gasteiger partial charge in [-0.1, -0.05) is 31.0 Å². The minimum atomic E-state index is -2.83. The van der Waals surface area contributed by atoms with E-state index in [4.69, 9.17) is 4.74 Å². The number of guanidine groups is 1.